The van der Waals surface area contributed by atoms with Gasteiger partial charge in [0.25, 0.3) is 0 Å². The summed E-state index contributed by atoms with van der Waals surface area (Å²) in [6.45, 7) is 0. The molecule has 2 unspecified atom stereocenters. The average molecular weight is 395 g/mol. The van der Waals surface area contributed by atoms with Gasteiger partial charge in [-0.3, -0.25) is 0 Å². The summed E-state index contributed by atoms with van der Waals surface area (Å²) in [5.41, 5.74) is 4.65. The van der Waals surface area contributed by atoms with Crippen LogP contribution in [0.2, 0.25) is 0 Å². The molecule has 104 valence electrons. The fourth-order valence-corrected chi connectivity index (χ4v) is 5.79. The van der Waals surface area contributed by atoms with Crippen molar-refractivity contribution in [1.29, 1.82) is 0 Å². The van der Waals surface area contributed by atoms with Gasteiger partial charge in [0.1, 0.15) is 0 Å². The highest BCUT2D eigenvalue weighted by molar-refractivity contribution is 14.1. The molecule has 1 aromatic heterocycles. The minimum atomic E-state index is 0.555. The summed E-state index contributed by atoms with van der Waals surface area (Å²) >= 11 is 4.45. The number of aryl methyl sites for hydroxylation is 2. The summed E-state index contributed by atoms with van der Waals surface area (Å²) < 4.78 is 1.44. The van der Waals surface area contributed by atoms with Crippen LogP contribution in [0.1, 0.15) is 52.9 Å². The first-order valence-electron chi connectivity index (χ1n) is 7.43. The van der Waals surface area contributed by atoms with E-state index < -0.39 is 0 Å². The highest BCUT2D eigenvalue weighted by atomic mass is 127. The molecule has 4 rings (SSSR count). The predicted octanol–water partition coefficient (Wildman–Crippen LogP) is 5.01. The molecule has 1 nitrogen and oxygen atoms in total. The van der Waals surface area contributed by atoms with E-state index in [-0.39, 0.29) is 0 Å². The Morgan fingerprint density at radius 3 is 2.85 bits per heavy atom. The Morgan fingerprint density at radius 2 is 1.90 bits per heavy atom. The van der Waals surface area contributed by atoms with E-state index in [2.05, 4.69) is 58.2 Å². The third-order valence-corrected chi connectivity index (χ3v) is 6.59. The summed E-state index contributed by atoms with van der Waals surface area (Å²) in [6.07, 6.45) is 6.39. The summed E-state index contributed by atoms with van der Waals surface area (Å²) in [4.78, 5) is 1.62. The largest absolute Gasteiger partial charge is 0.303 e. The van der Waals surface area contributed by atoms with Gasteiger partial charge in [-0.2, -0.15) is 0 Å². The van der Waals surface area contributed by atoms with Crippen LogP contribution in [-0.2, 0) is 12.8 Å². The molecule has 2 aromatic rings. The molecular formula is C17H18INS. The van der Waals surface area contributed by atoms with Crippen molar-refractivity contribution in [1.82, 2.24) is 5.32 Å². The second-order valence-electron chi connectivity index (χ2n) is 5.83. The molecule has 2 aliphatic carbocycles. The van der Waals surface area contributed by atoms with Crippen molar-refractivity contribution in [2.24, 2.45) is 0 Å². The molecule has 0 aliphatic heterocycles. The van der Waals surface area contributed by atoms with Gasteiger partial charge in [-0.05, 0) is 77.5 Å². The second kappa shape index (κ2) is 5.43. The molecule has 1 heterocycles. The monoisotopic (exact) mass is 395 g/mol. The lowest BCUT2D eigenvalue weighted by molar-refractivity contribution is 0.401. The van der Waals surface area contributed by atoms with Crippen LogP contribution in [0.25, 0.3) is 0 Å². The van der Waals surface area contributed by atoms with Crippen molar-refractivity contribution in [2.45, 2.75) is 44.2 Å². The molecule has 0 bridgehead atoms. The molecule has 2 atom stereocenters. The van der Waals surface area contributed by atoms with Crippen molar-refractivity contribution in [2.75, 3.05) is 0 Å². The van der Waals surface area contributed by atoms with E-state index in [1.165, 1.54) is 40.6 Å². The molecule has 1 aromatic carbocycles. The normalized spacial score (nSPS) is 24.4. The Morgan fingerprint density at radius 1 is 1.05 bits per heavy atom. The molecule has 3 heteroatoms. The zero-order valence-corrected chi connectivity index (χ0v) is 14.3. The molecule has 0 spiro atoms. The number of fused-ring (bicyclic) bond motifs is 2. The Labute approximate surface area is 137 Å². The van der Waals surface area contributed by atoms with E-state index in [0.717, 1.165) is 0 Å². The molecule has 2 aliphatic rings. The lowest BCUT2D eigenvalue weighted by Gasteiger charge is -2.27. The van der Waals surface area contributed by atoms with Crippen LogP contribution in [0.4, 0.5) is 0 Å². The van der Waals surface area contributed by atoms with Crippen LogP contribution < -0.4 is 5.32 Å². The van der Waals surface area contributed by atoms with E-state index in [1.54, 1.807) is 16.0 Å². The highest BCUT2D eigenvalue weighted by Crippen LogP contribution is 2.39. The molecule has 0 saturated heterocycles. The van der Waals surface area contributed by atoms with Gasteiger partial charge < -0.3 is 5.32 Å². The van der Waals surface area contributed by atoms with Gasteiger partial charge in [0.15, 0.2) is 0 Å². The van der Waals surface area contributed by atoms with Crippen molar-refractivity contribution < 1.29 is 0 Å². The van der Waals surface area contributed by atoms with E-state index in [1.807, 2.05) is 11.3 Å². The zero-order valence-electron chi connectivity index (χ0n) is 11.4. The molecule has 0 fully saturated rings. The van der Waals surface area contributed by atoms with Crippen molar-refractivity contribution in [3.8, 4) is 0 Å². The third-order valence-electron chi connectivity index (χ3n) is 4.62. The first-order valence-corrected chi connectivity index (χ1v) is 9.33. The van der Waals surface area contributed by atoms with Crippen LogP contribution in [0.5, 0.6) is 0 Å². The zero-order chi connectivity index (χ0) is 13.5. The van der Waals surface area contributed by atoms with Gasteiger partial charge in [0.05, 0.1) is 2.88 Å². The number of rotatable bonds is 2. The molecule has 1 N–H and O–H groups in total. The van der Waals surface area contributed by atoms with E-state index >= 15 is 0 Å². The van der Waals surface area contributed by atoms with Gasteiger partial charge in [-0.25, -0.2) is 0 Å². The van der Waals surface area contributed by atoms with Gasteiger partial charge in [0.2, 0.25) is 0 Å². The fraction of sp³-hybridized carbons (Fsp3) is 0.412. The van der Waals surface area contributed by atoms with Gasteiger partial charge in [0, 0.05) is 17.0 Å². The second-order valence-corrected chi connectivity index (χ2v) is 8.86. The van der Waals surface area contributed by atoms with Crippen LogP contribution in [0.3, 0.4) is 0 Å². The minimum Gasteiger partial charge on any atom is -0.303 e. The van der Waals surface area contributed by atoms with Gasteiger partial charge in [-0.1, -0.05) is 24.3 Å². The molecule has 0 amide bonds. The molecule has 20 heavy (non-hydrogen) atoms. The topological polar surface area (TPSA) is 12.0 Å². The first-order chi connectivity index (χ1) is 9.81. The first kappa shape index (κ1) is 13.3. The number of benzene rings is 1. The number of hydrogen-bond donors (Lipinski definition) is 1. The van der Waals surface area contributed by atoms with Crippen LogP contribution in [0, 0.1) is 2.88 Å². The summed E-state index contributed by atoms with van der Waals surface area (Å²) in [5, 5.41) is 3.95. The number of halogens is 1. The lowest BCUT2D eigenvalue weighted by Crippen LogP contribution is -2.27. The SMILES string of the molecule is Ic1cc2c(s1)CCCC2NC1CCc2ccccc21. The van der Waals surface area contributed by atoms with Crippen LogP contribution in [-0.4, -0.2) is 0 Å². The highest BCUT2D eigenvalue weighted by Gasteiger charge is 2.28. The van der Waals surface area contributed by atoms with E-state index in [4.69, 9.17) is 0 Å². The maximum atomic E-state index is 3.95. The van der Waals surface area contributed by atoms with E-state index in [0.29, 0.717) is 12.1 Å². The lowest BCUT2D eigenvalue weighted by atomic mass is 9.93. The maximum Gasteiger partial charge on any atom is 0.0659 e. The molecule has 0 radical (unpaired) electrons. The predicted molar refractivity (Wildman–Crippen MR) is 93.4 cm³/mol. The standard InChI is InChI=1S/C17H18INS/c18-17-10-13-14(6-3-7-16(13)20-17)19-15-9-8-11-4-1-2-5-12(11)15/h1-2,4-5,10,14-15,19H,3,6-9H2. The summed E-state index contributed by atoms with van der Waals surface area (Å²) in [7, 11) is 0. The van der Waals surface area contributed by atoms with E-state index in [9.17, 15) is 0 Å². The minimum absolute atomic E-state index is 0.555. The van der Waals surface area contributed by atoms with Gasteiger partial charge in [-0.15, -0.1) is 11.3 Å². The number of hydrogen-bond acceptors (Lipinski definition) is 2. The Hall–Kier alpha value is -0.390. The van der Waals surface area contributed by atoms with Crippen molar-refractivity contribution >= 4 is 33.9 Å². The Balaban J connectivity index is 1.59. The van der Waals surface area contributed by atoms with Crippen LogP contribution >= 0.6 is 33.9 Å². The van der Waals surface area contributed by atoms with Gasteiger partial charge >= 0.3 is 0 Å². The third kappa shape index (κ3) is 2.34. The quantitative estimate of drug-likeness (QED) is 0.706. The van der Waals surface area contributed by atoms with Crippen molar-refractivity contribution in [3.63, 3.8) is 0 Å². The van der Waals surface area contributed by atoms with Crippen molar-refractivity contribution in [3.05, 3.63) is 54.8 Å². The van der Waals surface area contributed by atoms with Crippen LogP contribution in [0.15, 0.2) is 30.3 Å². The smallest absolute Gasteiger partial charge is 0.0659 e. The molecule has 0 saturated carbocycles. The number of thiophene rings is 1. The Bertz CT molecular complexity index is 634. The summed E-state index contributed by atoms with van der Waals surface area (Å²) in [6, 6.07) is 12.5. The fourth-order valence-electron chi connectivity index (χ4n) is 3.67. The molecular weight excluding hydrogens is 377 g/mol. The average Bonchev–Trinajstić information content (AvgIpc) is 3.03. The number of nitrogens with one attached hydrogen (secondary N) is 1. The maximum absolute atomic E-state index is 3.95. The summed E-state index contributed by atoms with van der Waals surface area (Å²) in [5.74, 6) is 0. The Kier molecular flexibility index (Phi) is 3.60.